The van der Waals surface area contributed by atoms with Crippen molar-refractivity contribution < 1.29 is 19.1 Å². The first-order chi connectivity index (χ1) is 23.6. The summed E-state index contributed by atoms with van der Waals surface area (Å²) in [7, 11) is 3.04. The normalized spacial score (nSPS) is 11.7. The summed E-state index contributed by atoms with van der Waals surface area (Å²) in [6.45, 7) is 12.4. The number of nitrogens with zero attached hydrogens (tertiary/aromatic N) is 3. The summed E-state index contributed by atoms with van der Waals surface area (Å²) < 4.78 is 4.61. The number of nitrogens with one attached hydrogen (secondary N) is 4. The number of carbonyl (C=O) groups is 3. The number of H-pyrrole nitrogens is 1. The van der Waals surface area contributed by atoms with Gasteiger partial charge in [0.05, 0.1) is 37.8 Å². The van der Waals surface area contributed by atoms with Crippen molar-refractivity contribution in [3.63, 3.8) is 0 Å². The number of likely N-dealkylation sites (N-methyl/N-ethyl adjacent to an activating group) is 1. The van der Waals surface area contributed by atoms with E-state index in [-0.39, 0.29) is 18.4 Å². The van der Waals surface area contributed by atoms with Crippen molar-refractivity contribution >= 4 is 34.6 Å². The van der Waals surface area contributed by atoms with Gasteiger partial charge in [0.15, 0.2) is 0 Å². The molecule has 0 aliphatic heterocycles. The van der Waals surface area contributed by atoms with Crippen molar-refractivity contribution in [1.82, 2.24) is 35.7 Å². The maximum absolute atomic E-state index is 13.0. The molecule has 3 amide bonds. The number of alkyl carbamates (subject to hydrolysis) is 1. The number of hydrogen-bond donors (Lipinski definition) is 4. The molecule has 11 heteroatoms. The standard InChI is InChI=1S/C38H51N7O4/c1-8-20-44(37(47)24-40-38(48)49-7)25-34(27(5)10-3)41-31(11-4)30-17-14-28(15-18-30)12-13-29-16-19-32-33(22-29)43-35(42-32)26-45(21-9-2)36(46)23-39-6/h11,14-19,22,39,41H,8-10,20-21,23-26H2,1-7H3,(H,40,48)(H,42,43)/b31-11-,34-27+. The van der Waals surface area contributed by atoms with Crippen LogP contribution < -0.4 is 16.0 Å². The molecule has 0 atom stereocenters. The van der Waals surface area contributed by atoms with Crippen LogP contribution >= 0.6 is 0 Å². The van der Waals surface area contributed by atoms with Gasteiger partial charge in [-0.1, -0.05) is 56.4 Å². The predicted octanol–water partition coefficient (Wildman–Crippen LogP) is 5.15. The Morgan fingerprint density at radius 3 is 2.22 bits per heavy atom. The number of methoxy groups -OCH3 is 1. The van der Waals surface area contributed by atoms with Gasteiger partial charge in [-0.3, -0.25) is 9.59 Å². The highest BCUT2D eigenvalue weighted by molar-refractivity contribution is 5.82. The molecule has 262 valence electrons. The van der Waals surface area contributed by atoms with Crippen molar-refractivity contribution in [3.8, 4) is 11.8 Å². The summed E-state index contributed by atoms with van der Waals surface area (Å²) >= 11 is 0. The van der Waals surface area contributed by atoms with Gasteiger partial charge in [-0.25, -0.2) is 9.78 Å². The zero-order valence-electron chi connectivity index (χ0n) is 30.0. The highest BCUT2D eigenvalue weighted by Crippen LogP contribution is 2.19. The van der Waals surface area contributed by atoms with E-state index in [9.17, 15) is 14.4 Å². The number of rotatable bonds is 16. The van der Waals surface area contributed by atoms with Gasteiger partial charge >= 0.3 is 6.09 Å². The van der Waals surface area contributed by atoms with E-state index in [0.717, 1.165) is 69.8 Å². The summed E-state index contributed by atoms with van der Waals surface area (Å²) in [6.07, 6.45) is 3.86. The molecule has 3 rings (SSSR count). The third-order valence-corrected chi connectivity index (χ3v) is 7.98. The zero-order chi connectivity index (χ0) is 35.8. The van der Waals surface area contributed by atoms with Gasteiger partial charge in [0.25, 0.3) is 0 Å². The third kappa shape index (κ3) is 11.5. The Hall–Kier alpha value is -5.08. The van der Waals surface area contributed by atoms with Crippen LogP contribution in [0.2, 0.25) is 0 Å². The molecule has 0 saturated heterocycles. The molecule has 3 aromatic rings. The number of ether oxygens (including phenoxy) is 1. The summed E-state index contributed by atoms with van der Waals surface area (Å²) in [4.78, 5) is 48.6. The minimum atomic E-state index is -0.634. The minimum Gasteiger partial charge on any atom is -0.453 e. The maximum Gasteiger partial charge on any atom is 0.407 e. The molecule has 11 nitrogen and oxygen atoms in total. The summed E-state index contributed by atoms with van der Waals surface area (Å²) in [6, 6.07) is 13.9. The van der Waals surface area contributed by atoms with E-state index >= 15 is 0 Å². The first-order valence-corrected chi connectivity index (χ1v) is 16.9. The molecule has 4 N–H and O–H groups in total. The van der Waals surface area contributed by atoms with Gasteiger partial charge in [0.1, 0.15) is 12.4 Å². The van der Waals surface area contributed by atoms with Crippen LogP contribution in [0.1, 0.15) is 76.4 Å². The van der Waals surface area contributed by atoms with E-state index in [1.54, 1.807) is 11.9 Å². The second-order valence-corrected chi connectivity index (χ2v) is 11.7. The van der Waals surface area contributed by atoms with Crippen molar-refractivity contribution in [3.05, 3.63) is 82.3 Å². The highest BCUT2D eigenvalue weighted by atomic mass is 16.5. The Morgan fingerprint density at radius 2 is 1.59 bits per heavy atom. The van der Waals surface area contributed by atoms with Gasteiger partial charge in [0.2, 0.25) is 11.8 Å². The summed E-state index contributed by atoms with van der Waals surface area (Å²) in [5.41, 5.74) is 7.44. The number of imidazole rings is 1. The van der Waals surface area contributed by atoms with Crippen LogP contribution in [-0.2, 0) is 20.9 Å². The molecule has 49 heavy (non-hydrogen) atoms. The van der Waals surface area contributed by atoms with E-state index < -0.39 is 6.09 Å². The van der Waals surface area contributed by atoms with Crippen molar-refractivity contribution in [2.45, 2.75) is 60.4 Å². The molecule has 0 aliphatic carbocycles. The monoisotopic (exact) mass is 669 g/mol. The molecule has 1 heterocycles. The Morgan fingerprint density at radius 1 is 0.939 bits per heavy atom. The van der Waals surface area contributed by atoms with Crippen LogP contribution in [-0.4, -0.2) is 84.6 Å². The second-order valence-electron chi connectivity index (χ2n) is 11.7. The van der Waals surface area contributed by atoms with Crippen LogP contribution in [0.4, 0.5) is 4.79 Å². The molecule has 0 unspecified atom stereocenters. The number of aromatic amines is 1. The Labute approximate surface area is 290 Å². The molecule has 1 aromatic heterocycles. The fourth-order valence-corrected chi connectivity index (χ4v) is 5.15. The Balaban J connectivity index is 1.73. The first-order valence-electron chi connectivity index (χ1n) is 16.9. The van der Waals surface area contributed by atoms with Crippen LogP contribution in [0.15, 0.2) is 59.8 Å². The number of carbonyl (C=O) groups excluding carboxylic acids is 3. The van der Waals surface area contributed by atoms with E-state index in [4.69, 9.17) is 0 Å². The Bertz CT molecular complexity index is 1700. The molecule has 0 saturated carbocycles. The van der Waals surface area contributed by atoms with E-state index in [1.807, 2.05) is 67.3 Å². The fraction of sp³-hybridized carbons (Fsp3) is 0.421. The van der Waals surface area contributed by atoms with E-state index in [2.05, 4.69) is 63.3 Å². The highest BCUT2D eigenvalue weighted by Gasteiger charge is 2.18. The van der Waals surface area contributed by atoms with E-state index in [1.165, 1.54) is 7.11 Å². The van der Waals surface area contributed by atoms with Crippen molar-refractivity contribution in [2.75, 3.05) is 46.9 Å². The number of fused-ring (bicyclic) bond motifs is 1. The predicted molar refractivity (Wildman–Crippen MR) is 195 cm³/mol. The number of allylic oxidation sites excluding steroid dienone is 2. The summed E-state index contributed by atoms with van der Waals surface area (Å²) in [5, 5.41) is 9.00. The molecule has 0 aliphatic rings. The maximum atomic E-state index is 13.0. The lowest BCUT2D eigenvalue weighted by Gasteiger charge is -2.26. The van der Waals surface area contributed by atoms with Gasteiger partial charge in [-0.05, 0) is 76.1 Å². The molecular weight excluding hydrogens is 618 g/mol. The number of aromatic nitrogens is 2. The number of benzene rings is 2. The smallest absolute Gasteiger partial charge is 0.407 e. The third-order valence-electron chi connectivity index (χ3n) is 7.98. The van der Waals surface area contributed by atoms with Gasteiger partial charge in [-0.2, -0.15) is 0 Å². The lowest BCUT2D eigenvalue weighted by Crippen LogP contribution is -2.42. The minimum absolute atomic E-state index is 0.0460. The quantitative estimate of drug-likeness (QED) is 0.155. The average Bonchev–Trinajstić information content (AvgIpc) is 3.52. The topological polar surface area (TPSA) is 132 Å². The average molecular weight is 670 g/mol. The molecule has 0 spiro atoms. The molecule has 0 fully saturated rings. The van der Waals surface area contributed by atoms with E-state index in [0.29, 0.717) is 32.7 Å². The summed E-state index contributed by atoms with van der Waals surface area (Å²) in [5.74, 6) is 7.14. The first kappa shape index (κ1) is 38.4. The molecule has 0 radical (unpaired) electrons. The van der Waals surface area contributed by atoms with Gasteiger partial charge in [-0.15, -0.1) is 0 Å². The second kappa shape index (κ2) is 19.7. The lowest BCUT2D eigenvalue weighted by atomic mass is 10.1. The van der Waals surface area contributed by atoms with Crippen LogP contribution in [0.5, 0.6) is 0 Å². The van der Waals surface area contributed by atoms with Gasteiger partial charge < -0.3 is 35.5 Å². The van der Waals surface area contributed by atoms with Crippen molar-refractivity contribution in [2.24, 2.45) is 0 Å². The van der Waals surface area contributed by atoms with Crippen LogP contribution in [0.25, 0.3) is 16.7 Å². The largest absolute Gasteiger partial charge is 0.453 e. The Kier molecular flexibility index (Phi) is 15.4. The van der Waals surface area contributed by atoms with Crippen LogP contribution in [0, 0.1) is 11.8 Å². The fourth-order valence-electron chi connectivity index (χ4n) is 5.15. The van der Waals surface area contributed by atoms with Gasteiger partial charge in [0, 0.05) is 35.6 Å². The molecule has 0 bridgehead atoms. The molecule has 2 aromatic carbocycles. The number of hydrogen-bond acceptors (Lipinski definition) is 7. The van der Waals surface area contributed by atoms with Crippen molar-refractivity contribution in [1.29, 1.82) is 0 Å². The molecular formula is C38H51N7O4. The SMILES string of the molecule is C/C=C(\N/C(CN(CCC)C(=O)CNC(=O)OC)=C(\C)CC)c1ccc(C#Cc2ccc3nc(CN(CCC)C(=O)CNC)[nH]c3c2)cc1. The zero-order valence-corrected chi connectivity index (χ0v) is 30.0. The number of amides is 3. The lowest BCUT2D eigenvalue weighted by molar-refractivity contribution is -0.131. The van der Waals surface area contributed by atoms with Crippen LogP contribution in [0.3, 0.4) is 0 Å².